The topological polar surface area (TPSA) is 78.2 Å². The number of hydrogen-bond acceptors (Lipinski definition) is 5. The van der Waals surface area contributed by atoms with Crippen LogP contribution in [0, 0.1) is 10.7 Å². The summed E-state index contributed by atoms with van der Waals surface area (Å²) in [4.78, 5) is 14.5. The van der Waals surface area contributed by atoms with Crippen molar-refractivity contribution in [2.45, 2.75) is 0 Å². The Labute approximate surface area is 73.9 Å². The SMILES string of the molecule is N#C[S-].c1ncc2[nH]cnc2n1. The van der Waals surface area contributed by atoms with E-state index < -0.39 is 0 Å². The Balaban J connectivity index is 0.000000213. The highest BCUT2D eigenvalue weighted by molar-refractivity contribution is 7.64. The summed E-state index contributed by atoms with van der Waals surface area (Å²) in [5.74, 6) is 0. The lowest BCUT2D eigenvalue weighted by Gasteiger charge is -1.80. The number of nitriles is 1. The second-order valence-electron chi connectivity index (χ2n) is 1.75. The number of hydrogen-bond donors (Lipinski definition) is 1. The number of imidazole rings is 1. The van der Waals surface area contributed by atoms with Gasteiger partial charge in [0.05, 0.1) is 12.5 Å². The summed E-state index contributed by atoms with van der Waals surface area (Å²) in [7, 11) is 0. The number of rotatable bonds is 0. The molecule has 0 atom stereocenters. The Hall–Kier alpha value is -1.74. The van der Waals surface area contributed by atoms with Crippen molar-refractivity contribution in [2.24, 2.45) is 0 Å². The molecular formula is C6H4N5S-. The van der Waals surface area contributed by atoms with Crippen molar-refractivity contribution in [2.75, 3.05) is 0 Å². The monoisotopic (exact) mass is 178 g/mol. The van der Waals surface area contributed by atoms with Gasteiger partial charge >= 0.3 is 0 Å². The molecule has 0 unspecified atom stereocenters. The van der Waals surface area contributed by atoms with Crippen LogP contribution in [0.5, 0.6) is 0 Å². The van der Waals surface area contributed by atoms with Crippen LogP contribution in [-0.2, 0) is 12.6 Å². The first-order valence-electron chi connectivity index (χ1n) is 2.99. The van der Waals surface area contributed by atoms with E-state index >= 15 is 0 Å². The first-order valence-corrected chi connectivity index (χ1v) is 3.39. The highest BCUT2D eigenvalue weighted by atomic mass is 32.1. The second kappa shape index (κ2) is 4.20. The molecule has 1 N–H and O–H groups in total. The number of fused-ring (bicyclic) bond motifs is 1. The molecule has 0 fully saturated rings. The van der Waals surface area contributed by atoms with E-state index in [1.165, 1.54) is 11.7 Å². The molecule has 0 radical (unpaired) electrons. The summed E-state index contributed by atoms with van der Waals surface area (Å²) in [5.41, 5.74) is 1.59. The van der Waals surface area contributed by atoms with Gasteiger partial charge in [-0.3, -0.25) is 0 Å². The Morgan fingerprint density at radius 1 is 1.50 bits per heavy atom. The number of nitrogens with zero attached hydrogens (tertiary/aromatic N) is 4. The van der Waals surface area contributed by atoms with Crippen LogP contribution in [0.3, 0.4) is 0 Å². The fourth-order valence-electron chi connectivity index (χ4n) is 0.691. The third-order valence-electron chi connectivity index (χ3n) is 1.10. The molecule has 0 aliphatic carbocycles. The van der Waals surface area contributed by atoms with Crippen LogP contribution < -0.4 is 0 Å². The molecule has 0 saturated carbocycles. The number of H-pyrrole nitrogens is 1. The zero-order valence-electron chi connectivity index (χ0n) is 5.93. The van der Waals surface area contributed by atoms with Crippen molar-refractivity contribution >= 4 is 23.8 Å². The largest absolute Gasteiger partial charge is 0.696 e. The molecule has 60 valence electrons. The van der Waals surface area contributed by atoms with Crippen LogP contribution in [0.25, 0.3) is 11.2 Å². The predicted octanol–water partition coefficient (Wildman–Crippen LogP) is 0.367. The minimum absolute atomic E-state index is 0.713. The van der Waals surface area contributed by atoms with Gasteiger partial charge in [-0.05, 0) is 0 Å². The minimum atomic E-state index is 0.713. The Morgan fingerprint density at radius 3 is 2.92 bits per heavy atom. The van der Waals surface area contributed by atoms with E-state index in [1.54, 1.807) is 12.5 Å². The maximum Gasteiger partial charge on any atom is 0.180 e. The van der Waals surface area contributed by atoms with Gasteiger partial charge in [-0.25, -0.2) is 20.2 Å². The molecule has 5 nitrogen and oxygen atoms in total. The Kier molecular flexibility index (Phi) is 2.93. The smallest absolute Gasteiger partial charge is 0.180 e. The summed E-state index contributed by atoms with van der Waals surface area (Å²) in [5, 5.41) is 8.47. The molecule has 2 rings (SSSR count). The van der Waals surface area contributed by atoms with E-state index in [4.69, 9.17) is 5.26 Å². The van der Waals surface area contributed by atoms with Gasteiger partial charge in [-0.2, -0.15) is 0 Å². The van der Waals surface area contributed by atoms with E-state index in [0.717, 1.165) is 5.52 Å². The first-order chi connectivity index (χ1) is 5.88. The standard InChI is InChI=1S/C5H4N4.CHNS/c1-4-5(8-2-6-1)9-3-7-4;2-1-3/h1-3H,(H,6,7,8,9);3H/p-1. The van der Waals surface area contributed by atoms with E-state index in [-0.39, 0.29) is 0 Å². The lowest BCUT2D eigenvalue weighted by molar-refractivity contribution is 1.20. The maximum absolute atomic E-state index is 7.13. The van der Waals surface area contributed by atoms with Crippen LogP contribution in [0.2, 0.25) is 0 Å². The number of nitrogens with one attached hydrogen (secondary N) is 1. The van der Waals surface area contributed by atoms with Crippen LogP contribution in [0.15, 0.2) is 18.9 Å². The first kappa shape index (κ1) is 8.36. The summed E-state index contributed by atoms with van der Waals surface area (Å²) in [6.07, 6.45) is 4.76. The second-order valence-corrected chi connectivity index (χ2v) is 1.94. The Morgan fingerprint density at radius 2 is 2.25 bits per heavy atom. The molecule has 6 heteroatoms. The van der Waals surface area contributed by atoms with Crippen LogP contribution in [0.4, 0.5) is 0 Å². The zero-order valence-corrected chi connectivity index (χ0v) is 6.75. The van der Waals surface area contributed by atoms with E-state index in [9.17, 15) is 0 Å². The van der Waals surface area contributed by atoms with Crippen molar-refractivity contribution in [3.05, 3.63) is 18.9 Å². The summed E-state index contributed by atoms with van der Waals surface area (Å²) >= 11 is 3.70. The lowest BCUT2D eigenvalue weighted by Crippen LogP contribution is -1.76. The van der Waals surface area contributed by atoms with Gasteiger partial charge < -0.3 is 17.6 Å². The highest BCUT2D eigenvalue weighted by Gasteiger charge is 1.91. The van der Waals surface area contributed by atoms with Gasteiger partial charge in [-0.1, -0.05) is 5.40 Å². The minimum Gasteiger partial charge on any atom is -0.696 e. The molecule has 0 spiro atoms. The molecule has 0 aliphatic rings. The summed E-state index contributed by atoms with van der Waals surface area (Å²) in [6.45, 7) is 0. The van der Waals surface area contributed by atoms with Crippen LogP contribution >= 0.6 is 0 Å². The van der Waals surface area contributed by atoms with Crippen molar-refractivity contribution in [3.63, 3.8) is 0 Å². The number of aromatic nitrogens is 4. The van der Waals surface area contributed by atoms with Gasteiger partial charge in [0.15, 0.2) is 5.65 Å². The van der Waals surface area contributed by atoms with Gasteiger partial charge in [0.2, 0.25) is 0 Å². The molecule has 12 heavy (non-hydrogen) atoms. The van der Waals surface area contributed by atoms with Crippen LogP contribution in [0.1, 0.15) is 0 Å². The molecule has 2 aromatic rings. The summed E-state index contributed by atoms with van der Waals surface area (Å²) in [6, 6.07) is 0. The zero-order chi connectivity index (χ0) is 8.81. The Bertz CT molecular complexity index is 360. The average Bonchev–Trinajstić information content (AvgIpc) is 2.52. The van der Waals surface area contributed by atoms with Crippen molar-refractivity contribution in [3.8, 4) is 5.40 Å². The fourth-order valence-corrected chi connectivity index (χ4v) is 0.691. The molecule has 0 aliphatic heterocycles. The molecule has 0 amide bonds. The van der Waals surface area contributed by atoms with Gasteiger partial charge in [0, 0.05) is 0 Å². The highest BCUT2D eigenvalue weighted by Crippen LogP contribution is 1.99. The molecule has 0 aromatic carbocycles. The molecular weight excluding hydrogens is 174 g/mol. The molecule has 0 saturated heterocycles. The van der Waals surface area contributed by atoms with Crippen molar-refractivity contribution in [1.82, 2.24) is 19.9 Å². The molecule has 0 bridgehead atoms. The fraction of sp³-hybridized carbons (Fsp3) is 0. The average molecular weight is 178 g/mol. The quantitative estimate of drug-likeness (QED) is 0.465. The molecule has 2 heterocycles. The summed E-state index contributed by atoms with van der Waals surface area (Å²) < 4.78 is 0. The third-order valence-corrected chi connectivity index (χ3v) is 1.10. The van der Waals surface area contributed by atoms with E-state index in [0.29, 0.717) is 5.65 Å². The van der Waals surface area contributed by atoms with Crippen LogP contribution in [-0.4, -0.2) is 19.9 Å². The van der Waals surface area contributed by atoms with Gasteiger partial charge in [0.1, 0.15) is 11.8 Å². The normalized spacial score (nSPS) is 8.25. The maximum atomic E-state index is 7.13. The van der Waals surface area contributed by atoms with Crippen molar-refractivity contribution < 1.29 is 0 Å². The molecule has 2 aromatic heterocycles. The lowest BCUT2D eigenvalue weighted by atomic mass is 10.6. The van der Waals surface area contributed by atoms with E-state index in [2.05, 4.69) is 32.6 Å². The van der Waals surface area contributed by atoms with Crippen molar-refractivity contribution in [1.29, 1.82) is 5.26 Å². The number of thiocyanates is 1. The predicted molar refractivity (Wildman–Crippen MR) is 44.7 cm³/mol. The third kappa shape index (κ3) is 1.87. The van der Waals surface area contributed by atoms with E-state index in [1.807, 2.05) is 0 Å². The van der Waals surface area contributed by atoms with Gasteiger partial charge in [-0.15, -0.1) is 0 Å². The van der Waals surface area contributed by atoms with Gasteiger partial charge in [0.25, 0.3) is 0 Å². The number of aromatic amines is 1.